The molecule has 2 aromatic rings. The second-order valence-corrected chi connectivity index (χ2v) is 5.64. The van der Waals surface area contributed by atoms with Gasteiger partial charge in [0, 0.05) is 47.7 Å². The summed E-state index contributed by atoms with van der Waals surface area (Å²) in [6, 6.07) is 10.0. The molecule has 4 nitrogen and oxygen atoms in total. The van der Waals surface area contributed by atoms with Crippen molar-refractivity contribution in [2.75, 3.05) is 18.6 Å². The van der Waals surface area contributed by atoms with Gasteiger partial charge in [-0.1, -0.05) is 18.2 Å². The van der Waals surface area contributed by atoms with Crippen LogP contribution in [0.25, 0.3) is 5.69 Å². The second kappa shape index (κ2) is 6.47. The fourth-order valence-corrected chi connectivity index (χ4v) is 2.05. The van der Waals surface area contributed by atoms with Crippen LogP contribution in [-0.2, 0) is 17.3 Å². The summed E-state index contributed by atoms with van der Waals surface area (Å²) in [5.74, 6) is 0.687. The van der Waals surface area contributed by atoms with E-state index in [4.69, 9.17) is 0 Å². The summed E-state index contributed by atoms with van der Waals surface area (Å²) < 4.78 is 12.8. The zero-order chi connectivity index (χ0) is 12.8. The maximum atomic E-state index is 10.9. The predicted molar refractivity (Wildman–Crippen MR) is 74.2 cm³/mol. The molecule has 1 N–H and O–H groups in total. The summed E-state index contributed by atoms with van der Waals surface area (Å²) in [4.78, 5) is 0. The van der Waals surface area contributed by atoms with Gasteiger partial charge in [-0.3, -0.25) is 4.21 Å². The van der Waals surface area contributed by atoms with Crippen LogP contribution in [0, 0.1) is 0 Å². The van der Waals surface area contributed by atoms with Gasteiger partial charge in [-0.2, -0.15) is 5.10 Å². The third-order valence-electron chi connectivity index (χ3n) is 2.55. The summed E-state index contributed by atoms with van der Waals surface area (Å²) >= 11 is 0. The summed E-state index contributed by atoms with van der Waals surface area (Å²) in [6.45, 7) is 1.52. The van der Waals surface area contributed by atoms with Crippen LogP contribution in [0.5, 0.6) is 0 Å². The van der Waals surface area contributed by atoms with Gasteiger partial charge in [0.05, 0.1) is 11.9 Å². The van der Waals surface area contributed by atoms with Crippen LogP contribution in [0.3, 0.4) is 0 Å². The minimum Gasteiger partial charge on any atom is -0.312 e. The van der Waals surface area contributed by atoms with Gasteiger partial charge < -0.3 is 5.32 Å². The molecule has 1 atom stereocenters. The molecule has 0 radical (unpaired) electrons. The lowest BCUT2D eigenvalue weighted by atomic mass is 10.3. The van der Waals surface area contributed by atoms with Gasteiger partial charge in [-0.15, -0.1) is 0 Å². The Hall–Kier alpha value is -1.46. The molecule has 1 heterocycles. The molecule has 5 heteroatoms. The molecule has 0 fully saturated rings. The van der Waals surface area contributed by atoms with E-state index in [2.05, 4.69) is 10.4 Å². The number of nitrogens with one attached hydrogen (secondary N) is 1. The molecule has 96 valence electrons. The van der Waals surface area contributed by atoms with Gasteiger partial charge in [-0.05, 0) is 12.1 Å². The molecular formula is C13H17N3OS. The number of hydrogen-bond donors (Lipinski definition) is 1. The Morgan fingerprint density at radius 1 is 1.33 bits per heavy atom. The first-order valence-electron chi connectivity index (χ1n) is 5.85. The molecule has 0 spiro atoms. The molecule has 0 aliphatic heterocycles. The van der Waals surface area contributed by atoms with Gasteiger partial charge in [0.1, 0.15) is 0 Å². The first kappa shape index (κ1) is 13.0. The molecule has 0 saturated heterocycles. The van der Waals surface area contributed by atoms with Crippen LogP contribution >= 0.6 is 0 Å². The van der Waals surface area contributed by atoms with E-state index in [0.717, 1.165) is 24.3 Å². The minimum atomic E-state index is -0.731. The standard InChI is InChI=1S/C13H17N3OS/c1-18(17)8-7-14-9-12-10-15-16(11-12)13-5-3-2-4-6-13/h2-6,10-11,14H,7-9H2,1H3. The zero-order valence-corrected chi connectivity index (χ0v) is 11.2. The van der Waals surface area contributed by atoms with E-state index in [9.17, 15) is 4.21 Å². The first-order valence-corrected chi connectivity index (χ1v) is 7.58. The molecule has 0 aliphatic rings. The smallest absolute Gasteiger partial charge is 0.0645 e. The molecule has 1 unspecified atom stereocenters. The zero-order valence-electron chi connectivity index (χ0n) is 10.4. The quantitative estimate of drug-likeness (QED) is 0.800. The van der Waals surface area contributed by atoms with E-state index in [1.54, 1.807) is 6.26 Å². The summed E-state index contributed by atoms with van der Waals surface area (Å²) in [6.07, 6.45) is 5.57. The Balaban J connectivity index is 1.89. The SMILES string of the molecule is CS(=O)CCNCc1cnn(-c2ccccc2)c1. The molecule has 1 aromatic heterocycles. The normalized spacial score (nSPS) is 12.5. The lowest BCUT2D eigenvalue weighted by molar-refractivity contribution is 0.676. The van der Waals surface area contributed by atoms with E-state index in [-0.39, 0.29) is 0 Å². The van der Waals surface area contributed by atoms with Crippen molar-refractivity contribution < 1.29 is 4.21 Å². The monoisotopic (exact) mass is 263 g/mol. The van der Waals surface area contributed by atoms with Gasteiger partial charge in [0.2, 0.25) is 0 Å². The lowest BCUT2D eigenvalue weighted by Gasteiger charge is -2.01. The highest BCUT2D eigenvalue weighted by Gasteiger charge is 2.00. The van der Waals surface area contributed by atoms with E-state index in [1.165, 1.54) is 0 Å². The Morgan fingerprint density at radius 3 is 2.83 bits per heavy atom. The highest BCUT2D eigenvalue weighted by atomic mass is 32.2. The van der Waals surface area contributed by atoms with Gasteiger partial charge in [0.15, 0.2) is 0 Å². The highest BCUT2D eigenvalue weighted by molar-refractivity contribution is 7.84. The van der Waals surface area contributed by atoms with E-state index >= 15 is 0 Å². The maximum Gasteiger partial charge on any atom is 0.0645 e. The molecule has 0 bridgehead atoms. The molecule has 0 aliphatic carbocycles. The fourth-order valence-electron chi connectivity index (χ4n) is 1.62. The van der Waals surface area contributed by atoms with Crippen molar-refractivity contribution in [3.63, 3.8) is 0 Å². The molecule has 0 amide bonds. The van der Waals surface area contributed by atoms with Crippen LogP contribution in [0.1, 0.15) is 5.56 Å². The topological polar surface area (TPSA) is 46.9 Å². The third-order valence-corrected chi connectivity index (χ3v) is 3.33. The van der Waals surface area contributed by atoms with Crippen LogP contribution in [0.2, 0.25) is 0 Å². The Morgan fingerprint density at radius 2 is 2.11 bits per heavy atom. The van der Waals surface area contributed by atoms with Crippen molar-refractivity contribution in [3.8, 4) is 5.69 Å². The molecule has 18 heavy (non-hydrogen) atoms. The summed E-state index contributed by atoms with van der Waals surface area (Å²) in [7, 11) is -0.731. The van der Waals surface area contributed by atoms with E-state index < -0.39 is 10.8 Å². The number of rotatable bonds is 6. The molecule has 0 saturated carbocycles. The second-order valence-electron chi connectivity index (χ2n) is 4.08. The summed E-state index contributed by atoms with van der Waals surface area (Å²) in [5.41, 5.74) is 2.18. The van der Waals surface area contributed by atoms with Crippen molar-refractivity contribution in [3.05, 3.63) is 48.3 Å². The van der Waals surface area contributed by atoms with Crippen molar-refractivity contribution in [1.82, 2.24) is 15.1 Å². The van der Waals surface area contributed by atoms with Gasteiger partial charge in [-0.25, -0.2) is 4.68 Å². The van der Waals surface area contributed by atoms with Gasteiger partial charge >= 0.3 is 0 Å². The molecular weight excluding hydrogens is 246 g/mol. The molecule has 2 rings (SSSR count). The number of para-hydroxylation sites is 1. The van der Waals surface area contributed by atoms with Crippen LogP contribution in [0.15, 0.2) is 42.7 Å². The van der Waals surface area contributed by atoms with Crippen molar-refractivity contribution in [1.29, 1.82) is 0 Å². The summed E-state index contributed by atoms with van der Waals surface area (Å²) in [5, 5.41) is 7.57. The van der Waals surface area contributed by atoms with Crippen LogP contribution < -0.4 is 5.32 Å². The van der Waals surface area contributed by atoms with E-state index in [0.29, 0.717) is 5.75 Å². The van der Waals surface area contributed by atoms with Crippen molar-refractivity contribution in [2.24, 2.45) is 0 Å². The van der Waals surface area contributed by atoms with Crippen LogP contribution in [0.4, 0.5) is 0 Å². The van der Waals surface area contributed by atoms with Crippen molar-refractivity contribution >= 4 is 10.8 Å². The van der Waals surface area contributed by atoms with Crippen LogP contribution in [-0.4, -0.2) is 32.5 Å². The minimum absolute atomic E-state index is 0.687. The Kier molecular flexibility index (Phi) is 4.66. The maximum absolute atomic E-state index is 10.9. The fraction of sp³-hybridized carbons (Fsp3) is 0.308. The number of nitrogens with zero attached hydrogens (tertiary/aromatic N) is 2. The Bertz CT molecular complexity index is 510. The van der Waals surface area contributed by atoms with E-state index in [1.807, 2.05) is 47.4 Å². The average molecular weight is 263 g/mol. The molecule has 1 aromatic carbocycles. The lowest BCUT2D eigenvalue weighted by Crippen LogP contribution is -2.19. The average Bonchev–Trinajstić information content (AvgIpc) is 2.84. The number of aromatic nitrogens is 2. The predicted octanol–water partition coefficient (Wildman–Crippen LogP) is 1.34. The number of benzene rings is 1. The Labute approximate surface area is 109 Å². The van der Waals surface area contributed by atoms with Gasteiger partial charge in [0.25, 0.3) is 0 Å². The largest absolute Gasteiger partial charge is 0.312 e. The number of hydrogen-bond acceptors (Lipinski definition) is 3. The first-order chi connectivity index (χ1) is 8.75. The van der Waals surface area contributed by atoms with Crippen molar-refractivity contribution in [2.45, 2.75) is 6.54 Å². The third kappa shape index (κ3) is 3.78. The highest BCUT2D eigenvalue weighted by Crippen LogP contribution is 2.07.